The van der Waals surface area contributed by atoms with Crippen molar-refractivity contribution in [2.24, 2.45) is 5.92 Å². The molecule has 0 radical (unpaired) electrons. The van der Waals surface area contributed by atoms with E-state index in [1.165, 1.54) is 0 Å². The van der Waals surface area contributed by atoms with Gasteiger partial charge in [-0.3, -0.25) is 4.79 Å². The maximum Gasteiger partial charge on any atom is 0.137 e. The zero-order valence-corrected chi connectivity index (χ0v) is 10.3. The molecule has 0 aliphatic heterocycles. The van der Waals surface area contributed by atoms with Gasteiger partial charge in [0.05, 0.1) is 32.6 Å². The van der Waals surface area contributed by atoms with E-state index in [4.69, 9.17) is 9.84 Å². The van der Waals surface area contributed by atoms with Crippen molar-refractivity contribution in [3.8, 4) is 0 Å². The maximum atomic E-state index is 11.3. The van der Waals surface area contributed by atoms with Crippen LogP contribution in [-0.4, -0.2) is 39.1 Å². The van der Waals surface area contributed by atoms with Gasteiger partial charge in [-0.25, -0.2) is 4.68 Å². The number of aliphatic hydroxyl groups excluding tert-OH is 1. The average Bonchev–Trinajstić information content (AvgIpc) is 2.76. The van der Waals surface area contributed by atoms with Crippen LogP contribution in [0.25, 0.3) is 0 Å². The van der Waals surface area contributed by atoms with Crippen molar-refractivity contribution >= 4 is 5.78 Å². The number of carbonyl (C=O) groups is 1. The fraction of sp³-hybridized carbons (Fsp3) is 0.727. The molecule has 1 aromatic rings. The Hall–Kier alpha value is -1.27. The zero-order chi connectivity index (χ0) is 12.7. The minimum Gasteiger partial charge on any atom is -0.390 e. The summed E-state index contributed by atoms with van der Waals surface area (Å²) >= 11 is 0. The predicted octanol–water partition coefficient (Wildman–Crippen LogP) is 0.402. The van der Waals surface area contributed by atoms with Gasteiger partial charge in [0, 0.05) is 12.3 Å². The summed E-state index contributed by atoms with van der Waals surface area (Å²) in [7, 11) is 0. The molecule has 96 valence electrons. The first-order valence-electron chi connectivity index (χ1n) is 5.73. The van der Waals surface area contributed by atoms with E-state index in [0.717, 1.165) is 0 Å². The number of Topliss-reactive ketones (excluding diaryl/α,β-unsaturated/α-hetero) is 1. The number of hydrogen-bond donors (Lipinski definition) is 1. The van der Waals surface area contributed by atoms with E-state index in [0.29, 0.717) is 31.9 Å². The first kappa shape index (κ1) is 13.8. The lowest BCUT2D eigenvalue weighted by Crippen LogP contribution is -2.12. The number of ether oxygens (including phenoxy) is 1. The largest absolute Gasteiger partial charge is 0.390 e. The molecule has 0 saturated heterocycles. The van der Waals surface area contributed by atoms with E-state index in [1.54, 1.807) is 10.9 Å². The van der Waals surface area contributed by atoms with Gasteiger partial charge < -0.3 is 9.84 Å². The third-order valence-electron chi connectivity index (χ3n) is 2.35. The van der Waals surface area contributed by atoms with Crippen LogP contribution in [0.3, 0.4) is 0 Å². The minimum absolute atomic E-state index is 0.0704. The van der Waals surface area contributed by atoms with Crippen LogP contribution in [0, 0.1) is 5.92 Å². The van der Waals surface area contributed by atoms with E-state index in [2.05, 4.69) is 10.3 Å². The number of nitrogens with zero attached hydrogens (tertiary/aromatic N) is 3. The van der Waals surface area contributed by atoms with Gasteiger partial charge in [-0.15, -0.1) is 5.10 Å². The summed E-state index contributed by atoms with van der Waals surface area (Å²) in [6, 6.07) is 0. The van der Waals surface area contributed by atoms with Crippen LogP contribution in [-0.2, 0) is 22.7 Å². The van der Waals surface area contributed by atoms with Gasteiger partial charge in [0.1, 0.15) is 11.5 Å². The molecule has 0 fully saturated rings. The molecule has 0 spiro atoms. The lowest BCUT2D eigenvalue weighted by Gasteiger charge is -2.05. The number of aromatic nitrogens is 3. The normalized spacial score (nSPS) is 11.1. The van der Waals surface area contributed by atoms with Gasteiger partial charge in [-0.1, -0.05) is 19.1 Å². The molecule has 0 aliphatic carbocycles. The summed E-state index contributed by atoms with van der Waals surface area (Å²) in [5.41, 5.74) is 0.542. The first-order valence-corrected chi connectivity index (χ1v) is 5.73. The summed E-state index contributed by atoms with van der Waals surface area (Å²) < 4.78 is 6.94. The Bertz CT molecular complexity index is 349. The molecule has 6 nitrogen and oxygen atoms in total. The first-order chi connectivity index (χ1) is 8.13. The number of aliphatic hydroxyl groups is 1. The quantitative estimate of drug-likeness (QED) is 0.667. The highest BCUT2D eigenvalue weighted by Gasteiger charge is 2.06. The Morgan fingerprint density at radius 1 is 1.53 bits per heavy atom. The zero-order valence-electron chi connectivity index (χ0n) is 10.3. The monoisotopic (exact) mass is 241 g/mol. The molecular formula is C11H19N3O3. The fourth-order valence-electron chi connectivity index (χ4n) is 1.24. The van der Waals surface area contributed by atoms with Crippen molar-refractivity contribution in [1.29, 1.82) is 0 Å². The van der Waals surface area contributed by atoms with Crippen LogP contribution < -0.4 is 0 Å². The summed E-state index contributed by atoms with van der Waals surface area (Å²) in [6.07, 6.45) is 2.12. The predicted molar refractivity (Wildman–Crippen MR) is 61.2 cm³/mol. The molecule has 0 aliphatic rings. The molecule has 0 atom stereocenters. The molecule has 17 heavy (non-hydrogen) atoms. The molecule has 0 aromatic carbocycles. The number of carbonyl (C=O) groups excluding carboxylic acids is 1. The summed E-state index contributed by atoms with van der Waals surface area (Å²) in [5, 5.41) is 16.3. The molecular weight excluding hydrogens is 222 g/mol. The summed E-state index contributed by atoms with van der Waals surface area (Å²) in [6.45, 7) is 5.16. The van der Waals surface area contributed by atoms with E-state index in [9.17, 15) is 4.79 Å². The molecule has 1 heterocycles. The number of hydrogen-bond acceptors (Lipinski definition) is 5. The average molecular weight is 241 g/mol. The summed E-state index contributed by atoms with van der Waals surface area (Å²) in [4.78, 5) is 11.3. The fourth-order valence-corrected chi connectivity index (χ4v) is 1.24. The molecule has 0 bridgehead atoms. The maximum absolute atomic E-state index is 11.3. The van der Waals surface area contributed by atoms with Crippen molar-refractivity contribution in [3.63, 3.8) is 0 Å². The third-order valence-corrected chi connectivity index (χ3v) is 2.35. The molecule has 1 rings (SSSR count). The van der Waals surface area contributed by atoms with Crippen molar-refractivity contribution in [1.82, 2.24) is 15.0 Å². The Morgan fingerprint density at radius 3 is 2.88 bits per heavy atom. The van der Waals surface area contributed by atoms with Crippen LogP contribution in [0.4, 0.5) is 0 Å². The Morgan fingerprint density at radius 2 is 2.29 bits per heavy atom. The molecule has 0 unspecified atom stereocenters. The van der Waals surface area contributed by atoms with Gasteiger partial charge in [0.25, 0.3) is 0 Å². The highest BCUT2D eigenvalue weighted by atomic mass is 16.5. The molecule has 0 amide bonds. The molecule has 1 aromatic heterocycles. The Kier molecular flexibility index (Phi) is 5.79. The highest BCUT2D eigenvalue weighted by molar-refractivity contribution is 5.80. The SMILES string of the molecule is CC(C)C(=O)CCOCCn1cc(CO)nn1. The second kappa shape index (κ2) is 7.13. The van der Waals surface area contributed by atoms with Crippen LogP contribution in [0.15, 0.2) is 6.20 Å². The van der Waals surface area contributed by atoms with Crippen molar-refractivity contribution in [2.75, 3.05) is 13.2 Å². The Balaban J connectivity index is 2.10. The van der Waals surface area contributed by atoms with E-state index < -0.39 is 0 Å². The lowest BCUT2D eigenvalue weighted by atomic mass is 10.1. The highest BCUT2D eigenvalue weighted by Crippen LogP contribution is 1.99. The van der Waals surface area contributed by atoms with E-state index in [-0.39, 0.29) is 18.3 Å². The minimum atomic E-state index is -0.107. The van der Waals surface area contributed by atoms with Gasteiger partial charge in [-0.2, -0.15) is 0 Å². The van der Waals surface area contributed by atoms with Crippen LogP contribution >= 0.6 is 0 Å². The molecule has 1 N–H and O–H groups in total. The smallest absolute Gasteiger partial charge is 0.137 e. The van der Waals surface area contributed by atoms with Crippen LogP contribution in [0.2, 0.25) is 0 Å². The number of rotatable bonds is 8. The second-order valence-corrected chi connectivity index (χ2v) is 4.11. The topological polar surface area (TPSA) is 77.2 Å². The Labute approximate surface area is 101 Å². The van der Waals surface area contributed by atoms with Crippen molar-refractivity contribution in [3.05, 3.63) is 11.9 Å². The summed E-state index contributed by atoms with van der Waals surface area (Å²) in [5.74, 6) is 0.286. The number of ketones is 1. The van der Waals surface area contributed by atoms with Crippen LogP contribution in [0.5, 0.6) is 0 Å². The van der Waals surface area contributed by atoms with E-state index >= 15 is 0 Å². The molecule has 6 heteroatoms. The third kappa shape index (κ3) is 5.06. The molecule has 0 saturated carbocycles. The lowest BCUT2D eigenvalue weighted by molar-refractivity contribution is -0.123. The van der Waals surface area contributed by atoms with Crippen molar-refractivity contribution < 1.29 is 14.6 Å². The standard InChI is InChI=1S/C11H19N3O3/c1-9(2)11(16)3-5-17-6-4-14-7-10(8-15)12-13-14/h7,9,15H,3-6,8H2,1-2H3. The van der Waals surface area contributed by atoms with Gasteiger partial charge in [-0.05, 0) is 0 Å². The van der Waals surface area contributed by atoms with Gasteiger partial charge in [0.15, 0.2) is 0 Å². The van der Waals surface area contributed by atoms with Gasteiger partial charge in [0.2, 0.25) is 0 Å². The van der Waals surface area contributed by atoms with Crippen LogP contribution in [0.1, 0.15) is 26.0 Å². The second-order valence-electron chi connectivity index (χ2n) is 4.11. The van der Waals surface area contributed by atoms with E-state index in [1.807, 2.05) is 13.8 Å². The van der Waals surface area contributed by atoms with Crippen molar-refractivity contribution in [2.45, 2.75) is 33.4 Å². The van der Waals surface area contributed by atoms with Gasteiger partial charge >= 0.3 is 0 Å².